The number of benzene rings is 3. The molecule has 4 rings (SSSR count). The van der Waals surface area contributed by atoms with Crippen LogP contribution < -0.4 is 4.31 Å². The van der Waals surface area contributed by atoms with Gasteiger partial charge in [-0.15, -0.1) is 0 Å². The number of hydrogen-bond acceptors (Lipinski definition) is 5. The first kappa shape index (κ1) is 25.0. The van der Waals surface area contributed by atoms with Crippen molar-refractivity contribution in [3.05, 3.63) is 84.4 Å². The van der Waals surface area contributed by atoms with E-state index >= 15 is 0 Å². The molecule has 3 aromatic carbocycles. The molecule has 0 aliphatic carbocycles. The van der Waals surface area contributed by atoms with Crippen LogP contribution in [0.1, 0.15) is 19.4 Å². The van der Waals surface area contributed by atoms with Crippen molar-refractivity contribution in [2.45, 2.75) is 30.7 Å². The summed E-state index contributed by atoms with van der Waals surface area (Å²) in [5.41, 5.74) is 4.53. The fraction of sp³-hybridized carbons (Fsp3) is 0.222. The lowest BCUT2D eigenvalue weighted by molar-refractivity contribution is -0.142. The second-order valence-electron chi connectivity index (χ2n) is 8.40. The van der Waals surface area contributed by atoms with E-state index in [1.54, 1.807) is 23.9 Å². The van der Waals surface area contributed by atoms with Crippen molar-refractivity contribution in [1.29, 1.82) is 0 Å². The van der Waals surface area contributed by atoms with Gasteiger partial charge in [0.25, 0.3) is 11.3 Å². The van der Waals surface area contributed by atoms with Gasteiger partial charge in [0.2, 0.25) is 0 Å². The minimum Gasteiger partial charge on any atom is -0.467 e. The lowest BCUT2D eigenvalue weighted by atomic mass is 10.0. The number of thioether (sulfide) groups is 1. The number of hydrogen-bond donors (Lipinski definition) is 1. The van der Waals surface area contributed by atoms with Crippen molar-refractivity contribution in [3.8, 4) is 11.1 Å². The first-order valence-electron chi connectivity index (χ1n) is 11.2. The van der Waals surface area contributed by atoms with E-state index in [0.29, 0.717) is 5.69 Å². The van der Waals surface area contributed by atoms with Gasteiger partial charge in [-0.2, -0.15) is 0 Å². The molecule has 0 radical (unpaired) electrons. The molecule has 0 amide bonds. The molecular weight excluding hydrogens is 482 g/mol. The van der Waals surface area contributed by atoms with Crippen molar-refractivity contribution < 1.29 is 22.7 Å². The van der Waals surface area contributed by atoms with Crippen LogP contribution in [0.4, 0.5) is 5.69 Å². The molecule has 2 atom stereocenters. The van der Waals surface area contributed by atoms with E-state index in [2.05, 4.69) is 30.3 Å². The summed E-state index contributed by atoms with van der Waals surface area (Å²) in [5, 5.41) is 1.99. The number of carbonyl (C=O) groups excluding carboxylic acids is 1. The van der Waals surface area contributed by atoms with Crippen LogP contribution in [0, 0.1) is 5.92 Å². The molecule has 0 aliphatic rings. The SMILES string of the molecule is COC(=O)C(C(C)C)N(c1ccc(-c2ccc(CSc3cc4ccccc4o3)cc2)cc1)S(=O)O. The topological polar surface area (TPSA) is 80.0 Å². The first-order valence-corrected chi connectivity index (χ1v) is 13.2. The summed E-state index contributed by atoms with van der Waals surface area (Å²) in [6, 6.07) is 24.7. The Bertz CT molecular complexity index is 1280. The molecule has 0 bridgehead atoms. The monoisotopic (exact) mass is 509 g/mol. The molecule has 0 aliphatic heterocycles. The van der Waals surface area contributed by atoms with E-state index in [1.165, 1.54) is 17.0 Å². The maximum atomic E-state index is 12.3. The lowest BCUT2D eigenvalue weighted by Crippen LogP contribution is -2.46. The average Bonchev–Trinajstić information content (AvgIpc) is 3.29. The van der Waals surface area contributed by atoms with Crippen molar-refractivity contribution in [3.63, 3.8) is 0 Å². The highest BCUT2D eigenvalue weighted by molar-refractivity contribution is 7.98. The van der Waals surface area contributed by atoms with E-state index in [-0.39, 0.29) is 5.92 Å². The van der Waals surface area contributed by atoms with Gasteiger partial charge in [0.05, 0.1) is 12.8 Å². The van der Waals surface area contributed by atoms with Gasteiger partial charge >= 0.3 is 5.97 Å². The molecule has 1 aromatic heterocycles. The van der Waals surface area contributed by atoms with Crippen molar-refractivity contribution >= 4 is 45.7 Å². The number of fused-ring (bicyclic) bond motifs is 1. The number of para-hydroxylation sites is 1. The maximum absolute atomic E-state index is 12.3. The van der Waals surface area contributed by atoms with Gasteiger partial charge in [-0.1, -0.05) is 80.2 Å². The highest BCUT2D eigenvalue weighted by Gasteiger charge is 2.33. The molecule has 1 N–H and O–H groups in total. The van der Waals surface area contributed by atoms with E-state index in [0.717, 1.165) is 32.9 Å². The van der Waals surface area contributed by atoms with Crippen LogP contribution in [-0.2, 0) is 26.6 Å². The number of nitrogens with zero attached hydrogens (tertiary/aromatic N) is 1. The predicted octanol–water partition coefficient (Wildman–Crippen LogP) is 6.53. The Morgan fingerprint density at radius 1 is 1.03 bits per heavy atom. The molecule has 0 spiro atoms. The molecule has 4 aromatic rings. The number of carbonyl (C=O) groups is 1. The van der Waals surface area contributed by atoms with E-state index in [9.17, 15) is 13.6 Å². The fourth-order valence-corrected chi connectivity index (χ4v) is 5.57. The zero-order valence-electron chi connectivity index (χ0n) is 19.7. The van der Waals surface area contributed by atoms with Crippen LogP contribution in [0.15, 0.2) is 88.4 Å². The lowest BCUT2D eigenvalue weighted by Gasteiger charge is -2.30. The fourth-order valence-electron chi connectivity index (χ4n) is 3.88. The number of methoxy groups -OCH3 is 1. The maximum Gasteiger partial charge on any atom is 0.329 e. The first-order chi connectivity index (χ1) is 16.9. The van der Waals surface area contributed by atoms with Crippen LogP contribution in [0.2, 0.25) is 0 Å². The van der Waals surface area contributed by atoms with E-state index < -0.39 is 23.3 Å². The van der Waals surface area contributed by atoms with Gasteiger partial charge in [0.1, 0.15) is 11.6 Å². The number of anilines is 1. The minimum atomic E-state index is -2.38. The Kier molecular flexibility index (Phi) is 7.95. The number of esters is 1. The summed E-state index contributed by atoms with van der Waals surface area (Å²) < 4.78 is 33.9. The van der Waals surface area contributed by atoms with E-state index in [1.807, 2.05) is 50.2 Å². The third-order valence-electron chi connectivity index (χ3n) is 5.69. The van der Waals surface area contributed by atoms with Gasteiger partial charge in [-0.3, -0.25) is 8.86 Å². The zero-order chi connectivity index (χ0) is 24.9. The molecule has 0 fully saturated rings. The Morgan fingerprint density at radius 3 is 2.23 bits per heavy atom. The summed E-state index contributed by atoms with van der Waals surface area (Å²) >= 11 is -0.727. The van der Waals surface area contributed by atoms with Crippen molar-refractivity contribution in [1.82, 2.24) is 0 Å². The summed E-state index contributed by atoms with van der Waals surface area (Å²) in [5.74, 6) is 0.0197. The summed E-state index contributed by atoms with van der Waals surface area (Å²) in [6.07, 6.45) is 0. The number of ether oxygens (including phenoxy) is 1. The van der Waals surface area contributed by atoms with Crippen LogP contribution in [0.3, 0.4) is 0 Å². The third kappa shape index (κ3) is 5.78. The molecule has 0 saturated heterocycles. The number of rotatable bonds is 9. The Hall–Kier alpha value is -3.07. The summed E-state index contributed by atoms with van der Waals surface area (Å²) in [4.78, 5) is 12.3. The molecule has 182 valence electrons. The smallest absolute Gasteiger partial charge is 0.329 e. The van der Waals surface area contributed by atoms with Gasteiger partial charge in [0, 0.05) is 11.1 Å². The van der Waals surface area contributed by atoms with Gasteiger partial charge in [-0.05, 0) is 46.9 Å². The Labute approximate surface area is 211 Å². The second-order valence-corrected chi connectivity index (χ2v) is 10.2. The molecule has 35 heavy (non-hydrogen) atoms. The zero-order valence-corrected chi connectivity index (χ0v) is 21.3. The highest BCUT2D eigenvalue weighted by atomic mass is 32.2. The largest absolute Gasteiger partial charge is 0.467 e. The average molecular weight is 510 g/mol. The quantitative estimate of drug-likeness (QED) is 0.157. The van der Waals surface area contributed by atoms with Crippen LogP contribution >= 0.6 is 11.8 Å². The third-order valence-corrected chi connectivity index (χ3v) is 7.43. The van der Waals surface area contributed by atoms with Gasteiger partial charge in [-0.25, -0.2) is 9.00 Å². The van der Waals surface area contributed by atoms with Crippen LogP contribution in [0.25, 0.3) is 22.1 Å². The normalized spacial score (nSPS) is 13.1. The van der Waals surface area contributed by atoms with Gasteiger partial charge < -0.3 is 9.15 Å². The molecule has 1 heterocycles. The number of furan rings is 1. The minimum absolute atomic E-state index is 0.219. The molecule has 6 nitrogen and oxygen atoms in total. The Balaban J connectivity index is 1.46. The highest BCUT2D eigenvalue weighted by Crippen LogP contribution is 2.31. The van der Waals surface area contributed by atoms with Crippen molar-refractivity contribution in [2.24, 2.45) is 5.92 Å². The second kappa shape index (κ2) is 11.1. The van der Waals surface area contributed by atoms with Gasteiger partial charge in [0.15, 0.2) is 5.09 Å². The summed E-state index contributed by atoms with van der Waals surface area (Å²) in [7, 11) is 1.28. The van der Waals surface area contributed by atoms with Crippen molar-refractivity contribution in [2.75, 3.05) is 11.4 Å². The van der Waals surface area contributed by atoms with Crippen LogP contribution in [-0.4, -0.2) is 27.9 Å². The molecule has 0 saturated carbocycles. The summed E-state index contributed by atoms with van der Waals surface area (Å²) in [6.45, 7) is 3.62. The Morgan fingerprint density at radius 2 is 1.66 bits per heavy atom. The molecule has 8 heteroatoms. The van der Waals surface area contributed by atoms with Crippen LogP contribution in [0.5, 0.6) is 0 Å². The molecule has 2 unspecified atom stereocenters. The predicted molar refractivity (Wildman–Crippen MR) is 142 cm³/mol. The standard InChI is InChI=1S/C27H27NO5S2/c1-18(2)26(27(29)32-3)28(35(30)31)23-14-12-21(13-15-23)20-10-8-19(9-11-20)17-34-25-16-22-6-4-5-7-24(22)33-25/h4-16,18,26H,17H2,1-3H3,(H,30,31). The molecular formula is C27H27NO5S2. The van der Waals surface area contributed by atoms with E-state index in [4.69, 9.17) is 9.15 Å².